The minimum atomic E-state index is 0.441. The lowest BCUT2D eigenvalue weighted by molar-refractivity contribution is 0.406. The molecule has 5 rings (SSSR count). The van der Waals surface area contributed by atoms with Crippen LogP contribution < -0.4 is 15.0 Å². The highest BCUT2D eigenvalue weighted by atomic mass is 16.5. The van der Waals surface area contributed by atoms with Gasteiger partial charge in [0.2, 0.25) is 5.55 Å². The fourth-order valence-corrected chi connectivity index (χ4v) is 3.39. The Morgan fingerprint density at radius 1 is 0.900 bits per heavy atom. The van der Waals surface area contributed by atoms with Gasteiger partial charge in [0.15, 0.2) is 11.3 Å². The Kier molecular flexibility index (Phi) is 4.44. The van der Waals surface area contributed by atoms with Crippen molar-refractivity contribution in [1.82, 2.24) is 9.97 Å². The first-order valence-corrected chi connectivity index (χ1v) is 9.50. The number of imidazole rings is 1. The summed E-state index contributed by atoms with van der Waals surface area (Å²) in [7, 11) is 3.26. The maximum atomic E-state index is 6.24. The van der Waals surface area contributed by atoms with E-state index in [1.54, 1.807) is 14.2 Å². The van der Waals surface area contributed by atoms with Gasteiger partial charge in [-0.25, -0.2) is 9.98 Å². The number of fused-ring (bicyclic) bond motifs is 2. The molecule has 0 unspecified atom stereocenters. The van der Waals surface area contributed by atoms with Crippen molar-refractivity contribution in [3.63, 3.8) is 0 Å². The lowest BCUT2D eigenvalue weighted by Crippen LogP contribution is -2.07. The molecule has 0 saturated carbocycles. The molecule has 0 aliphatic heterocycles. The fraction of sp³-hybridized carbons (Fsp3) is 0.0833. The average molecular weight is 397 g/mol. The van der Waals surface area contributed by atoms with Crippen molar-refractivity contribution in [2.45, 2.75) is 0 Å². The summed E-state index contributed by atoms with van der Waals surface area (Å²) in [6, 6.07) is 23.2. The Morgan fingerprint density at radius 2 is 1.73 bits per heavy atom. The van der Waals surface area contributed by atoms with Gasteiger partial charge < -0.3 is 18.9 Å². The Morgan fingerprint density at radius 3 is 2.50 bits per heavy atom. The number of hydrogen-bond acceptors (Lipinski definition) is 5. The molecule has 0 aliphatic rings. The van der Waals surface area contributed by atoms with Crippen LogP contribution in [0.3, 0.4) is 0 Å². The summed E-state index contributed by atoms with van der Waals surface area (Å²) in [5, 5.41) is 0.901. The Balaban J connectivity index is 1.78. The topological polar surface area (TPSA) is 72.6 Å². The highest BCUT2D eigenvalue weighted by molar-refractivity contribution is 5.86. The number of nitrogens with one attached hydrogen (secondary N) is 1. The zero-order chi connectivity index (χ0) is 20.5. The number of benzene rings is 3. The number of H-pyrrole nitrogens is 1. The standard InChI is InChI=1S/C24H19N3O3/c1-28-17-12-10-16(11-13-17)25-24-18(23-26-19-7-3-4-8-20(19)27-23)14-15-6-5-9-21(29-2)22(15)30-24/h3-14H,1-2H3,(H,26,27). The third kappa shape index (κ3) is 3.18. The van der Waals surface area contributed by atoms with E-state index in [9.17, 15) is 0 Å². The largest absolute Gasteiger partial charge is 0.497 e. The molecule has 148 valence electrons. The van der Waals surface area contributed by atoms with E-state index in [-0.39, 0.29) is 0 Å². The maximum Gasteiger partial charge on any atom is 0.231 e. The monoisotopic (exact) mass is 397 g/mol. The minimum absolute atomic E-state index is 0.441. The van der Waals surface area contributed by atoms with E-state index in [2.05, 4.69) is 4.98 Å². The molecule has 0 atom stereocenters. The van der Waals surface area contributed by atoms with E-state index in [1.165, 1.54) is 0 Å². The predicted molar refractivity (Wildman–Crippen MR) is 116 cm³/mol. The Hall–Kier alpha value is -4.06. The summed E-state index contributed by atoms with van der Waals surface area (Å²) in [6.07, 6.45) is 0. The molecule has 0 bridgehead atoms. The Bertz CT molecular complexity index is 1380. The van der Waals surface area contributed by atoms with E-state index < -0.39 is 0 Å². The van der Waals surface area contributed by atoms with Crippen LogP contribution in [0, 0.1) is 0 Å². The normalized spacial score (nSPS) is 11.9. The van der Waals surface area contributed by atoms with Crippen LogP contribution >= 0.6 is 0 Å². The number of aromatic amines is 1. The molecule has 30 heavy (non-hydrogen) atoms. The lowest BCUT2D eigenvalue weighted by atomic mass is 10.1. The van der Waals surface area contributed by atoms with Gasteiger partial charge >= 0.3 is 0 Å². The SMILES string of the molecule is COc1ccc(N=c2oc3c(OC)cccc3cc2-c2nc3ccccc3[nH]2)cc1. The lowest BCUT2D eigenvalue weighted by Gasteiger charge is -2.07. The van der Waals surface area contributed by atoms with Gasteiger partial charge in [-0.15, -0.1) is 0 Å². The number of para-hydroxylation sites is 3. The molecule has 5 aromatic rings. The van der Waals surface area contributed by atoms with Crippen molar-refractivity contribution in [3.8, 4) is 22.9 Å². The number of aromatic nitrogens is 2. The average Bonchev–Trinajstić information content (AvgIpc) is 3.23. The summed E-state index contributed by atoms with van der Waals surface area (Å²) in [6.45, 7) is 0. The maximum absolute atomic E-state index is 6.24. The van der Waals surface area contributed by atoms with Crippen LogP contribution in [-0.4, -0.2) is 24.2 Å². The van der Waals surface area contributed by atoms with Crippen LogP contribution in [0.2, 0.25) is 0 Å². The first-order chi connectivity index (χ1) is 14.7. The minimum Gasteiger partial charge on any atom is -0.497 e. The number of hydrogen-bond donors (Lipinski definition) is 1. The van der Waals surface area contributed by atoms with Gasteiger partial charge in [-0.3, -0.25) is 0 Å². The molecule has 2 heterocycles. The molecule has 0 radical (unpaired) electrons. The van der Waals surface area contributed by atoms with E-state index in [0.717, 1.165) is 33.4 Å². The third-order valence-corrected chi connectivity index (χ3v) is 4.91. The van der Waals surface area contributed by atoms with Gasteiger partial charge in [0.25, 0.3) is 0 Å². The molecule has 0 fully saturated rings. The van der Waals surface area contributed by atoms with E-state index in [1.807, 2.05) is 72.8 Å². The molecule has 2 aromatic heterocycles. The summed E-state index contributed by atoms with van der Waals surface area (Å²) in [5.74, 6) is 2.11. The molecule has 3 aromatic carbocycles. The predicted octanol–water partition coefficient (Wildman–Crippen LogP) is 5.23. The summed E-state index contributed by atoms with van der Waals surface area (Å²) in [4.78, 5) is 12.9. The molecule has 0 amide bonds. The van der Waals surface area contributed by atoms with E-state index in [4.69, 9.17) is 23.9 Å². The van der Waals surface area contributed by atoms with E-state index in [0.29, 0.717) is 22.7 Å². The quantitative estimate of drug-likeness (QED) is 0.451. The van der Waals surface area contributed by atoms with E-state index >= 15 is 0 Å². The third-order valence-electron chi connectivity index (χ3n) is 4.91. The molecule has 0 spiro atoms. The molecule has 0 aliphatic carbocycles. The van der Waals surface area contributed by atoms with Crippen LogP contribution in [0.5, 0.6) is 11.5 Å². The molecular formula is C24H19N3O3. The number of ether oxygens (including phenoxy) is 2. The highest BCUT2D eigenvalue weighted by Gasteiger charge is 2.13. The van der Waals surface area contributed by atoms with Crippen molar-refractivity contribution >= 4 is 27.7 Å². The van der Waals surface area contributed by atoms with Crippen molar-refractivity contribution < 1.29 is 13.9 Å². The van der Waals surface area contributed by atoms with Crippen LogP contribution in [0.15, 0.2) is 82.2 Å². The molecule has 6 nitrogen and oxygen atoms in total. The highest BCUT2D eigenvalue weighted by Crippen LogP contribution is 2.28. The zero-order valence-corrected chi connectivity index (χ0v) is 16.5. The zero-order valence-electron chi connectivity index (χ0n) is 16.5. The van der Waals surface area contributed by atoms with Gasteiger partial charge in [-0.2, -0.15) is 0 Å². The molecule has 6 heteroatoms. The van der Waals surface area contributed by atoms with Crippen LogP contribution in [0.1, 0.15) is 0 Å². The fourth-order valence-electron chi connectivity index (χ4n) is 3.39. The number of nitrogens with zero attached hydrogens (tertiary/aromatic N) is 2. The number of rotatable bonds is 4. The van der Waals surface area contributed by atoms with Crippen molar-refractivity contribution in [2.75, 3.05) is 14.2 Å². The van der Waals surface area contributed by atoms with Gasteiger partial charge in [0, 0.05) is 5.39 Å². The van der Waals surface area contributed by atoms with Crippen LogP contribution in [0.25, 0.3) is 33.4 Å². The second-order valence-electron chi connectivity index (χ2n) is 6.76. The van der Waals surface area contributed by atoms with Crippen molar-refractivity contribution in [1.29, 1.82) is 0 Å². The second kappa shape index (κ2) is 7.40. The Labute approximate surface area is 172 Å². The van der Waals surface area contributed by atoms with Gasteiger partial charge in [-0.1, -0.05) is 24.3 Å². The summed E-state index contributed by atoms with van der Waals surface area (Å²) >= 11 is 0. The molecule has 1 N–H and O–H groups in total. The van der Waals surface area contributed by atoms with Crippen molar-refractivity contribution in [3.05, 3.63) is 78.4 Å². The second-order valence-corrected chi connectivity index (χ2v) is 6.76. The molecular weight excluding hydrogens is 378 g/mol. The summed E-state index contributed by atoms with van der Waals surface area (Å²) in [5.41, 5.74) is 4.42. The molecule has 0 saturated heterocycles. The first-order valence-electron chi connectivity index (χ1n) is 9.50. The first kappa shape index (κ1) is 18.0. The number of methoxy groups -OCH3 is 2. The summed E-state index contributed by atoms with van der Waals surface area (Å²) < 4.78 is 17.0. The van der Waals surface area contributed by atoms with Crippen LogP contribution in [-0.2, 0) is 0 Å². The van der Waals surface area contributed by atoms with Gasteiger partial charge in [-0.05, 0) is 48.5 Å². The van der Waals surface area contributed by atoms with Crippen LogP contribution in [0.4, 0.5) is 5.69 Å². The van der Waals surface area contributed by atoms with Crippen molar-refractivity contribution in [2.24, 2.45) is 4.99 Å². The smallest absolute Gasteiger partial charge is 0.231 e. The van der Waals surface area contributed by atoms with Gasteiger partial charge in [0.05, 0.1) is 36.5 Å². The van der Waals surface area contributed by atoms with Gasteiger partial charge in [0.1, 0.15) is 11.6 Å².